The number of likely N-dealkylation sites (N-methyl/N-ethyl adjacent to an activating group) is 1. The van der Waals surface area contributed by atoms with Gasteiger partial charge < -0.3 is 10.0 Å². The molecule has 0 saturated carbocycles. The first-order chi connectivity index (χ1) is 8.35. The van der Waals surface area contributed by atoms with E-state index >= 15 is 0 Å². The van der Waals surface area contributed by atoms with E-state index in [1.165, 1.54) is 0 Å². The van der Waals surface area contributed by atoms with Gasteiger partial charge in [0, 0.05) is 31.8 Å². The van der Waals surface area contributed by atoms with E-state index in [9.17, 15) is 9.90 Å². The molecule has 2 unspecified atom stereocenters. The maximum atomic E-state index is 12.4. The fraction of sp³-hybridized carbons (Fsp3) is 0.929. The number of hydrogen-bond donors (Lipinski definition) is 1. The number of hydrogen-bond acceptors (Lipinski definition) is 3. The van der Waals surface area contributed by atoms with Crippen LogP contribution >= 0.6 is 0 Å². The molecule has 0 radical (unpaired) electrons. The first-order valence-electron chi connectivity index (χ1n) is 6.99. The topological polar surface area (TPSA) is 43.8 Å². The van der Waals surface area contributed by atoms with Crippen molar-refractivity contribution in [2.75, 3.05) is 20.2 Å². The van der Waals surface area contributed by atoms with Crippen molar-refractivity contribution in [2.45, 2.75) is 64.6 Å². The summed E-state index contributed by atoms with van der Waals surface area (Å²) in [4.78, 5) is 16.6. The van der Waals surface area contributed by atoms with E-state index in [-0.39, 0.29) is 24.1 Å². The lowest BCUT2D eigenvalue weighted by molar-refractivity contribution is -0.137. The van der Waals surface area contributed by atoms with Gasteiger partial charge in [-0.05, 0) is 40.0 Å². The molecule has 4 heteroatoms. The van der Waals surface area contributed by atoms with Crippen molar-refractivity contribution < 1.29 is 9.90 Å². The Hall–Kier alpha value is -0.610. The molecule has 1 amide bonds. The third kappa shape index (κ3) is 3.04. The van der Waals surface area contributed by atoms with E-state index in [1.54, 1.807) is 0 Å². The highest BCUT2D eigenvalue weighted by Gasteiger charge is 2.42. The second-order valence-corrected chi connectivity index (χ2v) is 6.01. The highest BCUT2D eigenvalue weighted by molar-refractivity contribution is 5.82. The number of amides is 1. The fourth-order valence-corrected chi connectivity index (χ4v) is 2.96. The summed E-state index contributed by atoms with van der Waals surface area (Å²) in [5.41, 5.74) is -0.00428. The van der Waals surface area contributed by atoms with Crippen LogP contribution in [0.1, 0.15) is 47.0 Å². The van der Waals surface area contributed by atoms with Gasteiger partial charge in [0.05, 0.1) is 6.04 Å². The second kappa shape index (κ2) is 6.02. The quantitative estimate of drug-likeness (QED) is 0.828. The Morgan fingerprint density at radius 2 is 2.11 bits per heavy atom. The lowest BCUT2D eigenvalue weighted by atomic mass is 9.93. The standard InChI is InChI=1S/C14H28N2O2/c1-6-11(2)16-12(7-10-17)13(18)15(5)9-8-14(16,3)4/h11-12,17H,6-10H2,1-5H3. The maximum Gasteiger partial charge on any atom is 0.239 e. The van der Waals surface area contributed by atoms with Crippen LogP contribution in [0.5, 0.6) is 0 Å². The fourth-order valence-electron chi connectivity index (χ4n) is 2.96. The number of rotatable bonds is 4. The normalized spacial score (nSPS) is 27.1. The van der Waals surface area contributed by atoms with Gasteiger partial charge in [-0.15, -0.1) is 0 Å². The Kier molecular flexibility index (Phi) is 5.17. The Labute approximate surface area is 111 Å². The van der Waals surface area contributed by atoms with Crippen LogP contribution in [0.15, 0.2) is 0 Å². The average Bonchev–Trinajstić information content (AvgIpc) is 2.40. The molecular weight excluding hydrogens is 228 g/mol. The summed E-state index contributed by atoms with van der Waals surface area (Å²) >= 11 is 0. The zero-order valence-corrected chi connectivity index (χ0v) is 12.4. The summed E-state index contributed by atoms with van der Waals surface area (Å²) in [7, 11) is 1.86. The third-order valence-electron chi connectivity index (χ3n) is 4.22. The molecule has 1 fully saturated rings. The van der Waals surface area contributed by atoms with Crippen LogP contribution in [0.3, 0.4) is 0 Å². The molecule has 0 aromatic rings. The van der Waals surface area contributed by atoms with E-state index in [1.807, 2.05) is 11.9 Å². The minimum atomic E-state index is -0.188. The summed E-state index contributed by atoms with van der Waals surface area (Å²) in [6, 6.07) is 0.166. The van der Waals surface area contributed by atoms with Crippen molar-refractivity contribution in [1.82, 2.24) is 9.80 Å². The van der Waals surface area contributed by atoms with E-state index < -0.39 is 0 Å². The summed E-state index contributed by atoms with van der Waals surface area (Å²) in [5, 5.41) is 9.26. The molecule has 0 aromatic heterocycles. The second-order valence-electron chi connectivity index (χ2n) is 6.01. The molecule has 1 saturated heterocycles. The SMILES string of the molecule is CCC(C)N1C(CCO)C(=O)N(C)CCC1(C)C. The molecule has 1 aliphatic rings. The molecule has 18 heavy (non-hydrogen) atoms. The monoisotopic (exact) mass is 256 g/mol. The Balaban J connectivity index is 3.10. The van der Waals surface area contributed by atoms with E-state index in [2.05, 4.69) is 32.6 Å². The van der Waals surface area contributed by atoms with Crippen molar-refractivity contribution in [2.24, 2.45) is 0 Å². The van der Waals surface area contributed by atoms with Gasteiger partial charge >= 0.3 is 0 Å². The molecule has 106 valence electrons. The van der Waals surface area contributed by atoms with E-state index in [0.717, 1.165) is 19.4 Å². The van der Waals surface area contributed by atoms with Crippen LogP contribution in [-0.2, 0) is 4.79 Å². The minimum Gasteiger partial charge on any atom is -0.396 e. The summed E-state index contributed by atoms with van der Waals surface area (Å²) in [6.07, 6.45) is 2.51. The zero-order chi connectivity index (χ0) is 13.9. The number of carbonyl (C=O) groups excluding carboxylic acids is 1. The van der Waals surface area contributed by atoms with Gasteiger partial charge in [-0.25, -0.2) is 0 Å². The van der Waals surface area contributed by atoms with Crippen LogP contribution < -0.4 is 0 Å². The van der Waals surface area contributed by atoms with Crippen molar-refractivity contribution in [1.29, 1.82) is 0 Å². The lowest BCUT2D eigenvalue weighted by Gasteiger charge is -2.44. The average molecular weight is 256 g/mol. The Bertz CT molecular complexity index is 292. The predicted octanol–water partition coefficient (Wildman–Crippen LogP) is 1.48. The molecule has 0 bridgehead atoms. The van der Waals surface area contributed by atoms with Crippen LogP contribution in [0.2, 0.25) is 0 Å². The molecule has 1 rings (SSSR count). The van der Waals surface area contributed by atoms with Crippen molar-refractivity contribution >= 4 is 5.91 Å². The van der Waals surface area contributed by atoms with Gasteiger partial charge in [0.15, 0.2) is 0 Å². The van der Waals surface area contributed by atoms with Crippen molar-refractivity contribution in [3.63, 3.8) is 0 Å². The predicted molar refractivity (Wildman–Crippen MR) is 73.4 cm³/mol. The molecule has 1 aliphatic heterocycles. The smallest absolute Gasteiger partial charge is 0.239 e. The van der Waals surface area contributed by atoms with Gasteiger partial charge in [-0.1, -0.05) is 6.92 Å². The molecular formula is C14H28N2O2. The number of aliphatic hydroxyl groups excluding tert-OH is 1. The van der Waals surface area contributed by atoms with Gasteiger partial charge in [0.1, 0.15) is 0 Å². The van der Waals surface area contributed by atoms with E-state index in [4.69, 9.17) is 0 Å². The lowest BCUT2D eigenvalue weighted by Crippen LogP contribution is -2.56. The minimum absolute atomic E-state index is 0.00428. The molecule has 2 atom stereocenters. The van der Waals surface area contributed by atoms with Gasteiger partial charge in [0.25, 0.3) is 0 Å². The van der Waals surface area contributed by atoms with Crippen LogP contribution in [0, 0.1) is 0 Å². The highest BCUT2D eigenvalue weighted by Crippen LogP contribution is 2.30. The van der Waals surface area contributed by atoms with Crippen molar-refractivity contribution in [3.05, 3.63) is 0 Å². The summed E-state index contributed by atoms with van der Waals surface area (Å²) in [6.45, 7) is 9.58. The largest absolute Gasteiger partial charge is 0.396 e. The van der Waals surface area contributed by atoms with Crippen LogP contribution in [0.25, 0.3) is 0 Å². The molecule has 4 nitrogen and oxygen atoms in total. The van der Waals surface area contributed by atoms with Crippen molar-refractivity contribution in [3.8, 4) is 0 Å². The molecule has 1 N–H and O–H groups in total. The highest BCUT2D eigenvalue weighted by atomic mass is 16.3. The van der Waals surface area contributed by atoms with Crippen LogP contribution in [-0.4, -0.2) is 58.6 Å². The third-order valence-corrected chi connectivity index (χ3v) is 4.22. The Morgan fingerprint density at radius 3 is 2.61 bits per heavy atom. The zero-order valence-electron chi connectivity index (χ0n) is 12.4. The summed E-state index contributed by atoms with van der Waals surface area (Å²) in [5.74, 6) is 0.148. The van der Waals surface area contributed by atoms with Gasteiger partial charge in [0.2, 0.25) is 5.91 Å². The molecule has 1 heterocycles. The van der Waals surface area contributed by atoms with Gasteiger partial charge in [-0.2, -0.15) is 0 Å². The van der Waals surface area contributed by atoms with E-state index in [0.29, 0.717) is 12.5 Å². The molecule has 0 aliphatic carbocycles. The Morgan fingerprint density at radius 1 is 1.50 bits per heavy atom. The first kappa shape index (κ1) is 15.4. The number of aliphatic hydroxyl groups is 1. The molecule has 0 aromatic carbocycles. The number of carbonyl (C=O) groups is 1. The molecule has 0 spiro atoms. The maximum absolute atomic E-state index is 12.4. The first-order valence-corrected chi connectivity index (χ1v) is 6.99. The van der Waals surface area contributed by atoms with Crippen LogP contribution in [0.4, 0.5) is 0 Å². The van der Waals surface area contributed by atoms with Gasteiger partial charge in [-0.3, -0.25) is 9.69 Å². The summed E-state index contributed by atoms with van der Waals surface area (Å²) < 4.78 is 0. The number of nitrogens with zero attached hydrogens (tertiary/aromatic N) is 2.